The highest BCUT2D eigenvalue weighted by molar-refractivity contribution is 9.09. The largest absolute Gasteiger partial charge is 0.391 e. The second kappa shape index (κ2) is 4.45. The fourth-order valence-electron chi connectivity index (χ4n) is 1.42. The summed E-state index contributed by atoms with van der Waals surface area (Å²) in [6, 6.07) is 9.47. The van der Waals surface area contributed by atoms with E-state index in [4.69, 9.17) is 10.1 Å². The Morgan fingerprint density at radius 3 is 2.73 bits per heavy atom. The number of nitriles is 1. The molecule has 0 amide bonds. The van der Waals surface area contributed by atoms with E-state index in [2.05, 4.69) is 27.2 Å². The third-order valence-corrected chi connectivity index (χ3v) is 2.97. The zero-order valence-electron chi connectivity index (χ0n) is 7.98. The molecule has 1 aliphatic rings. The average Bonchev–Trinajstić information content (AvgIpc) is 2.78. The van der Waals surface area contributed by atoms with Crippen LogP contribution in [0.15, 0.2) is 29.4 Å². The van der Waals surface area contributed by atoms with Crippen LogP contribution in [0.2, 0.25) is 0 Å². The summed E-state index contributed by atoms with van der Waals surface area (Å²) >= 11 is 3.36. The second-order valence-electron chi connectivity index (χ2n) is 3.31. The number of halogens is 1. The van der Waals surface area contributed by atoms with Gasteiger partial charge in [0.15, 0.2) is 0 Å². The number of benzene rings is 1. The van der Waals surface area contributed by atoms with Crippen molar-refractivity contribution in [3.8, 4) is 6.07 Å². The number of nitrogens with zero attached hydrogens (tertiary/aromatic N) is 2. The van der Waals surface area contributed by atoms with Crippen molar-refractivity contribution in [1.82, 2.24) is 0 Å². The Kier molecular flexibility index (Phi) is 3.02. The van der Waals surface area contributed by atoms with Crippen LogP contribution in [-0.4, -0.2) is 17.1 Å². The molecule has 1 aromatic rings. The zero-order chi connectivity index (χ0) is 10.7. The van der Waals surface area contributed by atoms with Crippen molar-refractivity contribution in [3.05, 3.63) is 35.4 Å². The first-order valence-electron chi connectivity index (χ1n) is 4.62. The van der Waals surface area contributed by atoms with Gasteiger partial charge in [0.25, 0.3) is 0 Å². The van der Waals surface area contributed by atoms with E-state index < -0.39 is 0 Å². The van der Waals surface area contributed by atoms with Crippen LogP contribution in [0.25, 0.3) is 0 Å². The third-order valence-electron chi connectivity index (χ3n) is 2.25. The molecular weight excluding hydrogens is 256 g/mol. The summed E-state index contributed by atoms with van der Waals surface area (Å²) in [4.78, 5) is 5.20. The second-order valence-corrected chi connectivity index (χ2v) is 3.96. The molecule has 1 aliphatic heterocycles. The van der Waals surface area contributed by atoms with E-state index in [9.17, 15) is 0 Å². The Balaban J connectivity index is 2.15. The number of alkyl halides is 1. The predicted molar refractivity (Wildman–Crippen MR) is 61.0 cm³/mol. The molecule has 0 fully saturated rings. The highest BCUT2D eigenvalue weighted by Gasteiger charge is 2.20. The maximum absolute atomic E-state index is 8.66. The van der Waals surface area contributed by atoms with Gasteiger partial charge in [-0.2, -0.15) is 5.26 Å². The quantitative estimate of drug-likeness (QED) is 0.771. The molecule has 0 aliphatic carbocycles. The van der Waals surface area contributed by atoms with Crippen LogP contribution in [-0.2, 0) is 4.84 Å². The first kappa shape index (κ1) is 10.2. The summed E-state index contributed by atoms with van der Waals surface area (Å²) in [5, 5.41) is 13.5. The highest BCUT2D eigenvalue weighted by Crippen LogP contribution is 2.18. The van der Waals surface area contributed by atoms with Gasteiger partial charge in [-0.25, -0.2) is 0 Å². The van der Waals surface area contributed by atoms with Crippen LogP contribution >= 0.6 is 15.9 Å². The van der Waals surface area contributed by atoms with Crippen LogP contribution in [0.5, 0.6) is 0 Å². The molecule has 0 saturated carbocycles. The molecule has 1 atom stereocenters. The minimum absolute atomic E-state index is 0.135. The number of rotatable bonds is 2. The van der Waals surface area contributed by atoms with Crippen LogP contribution in [0.4, 0.5) is 0 Å². The maximum atomic E-state index is 8.66. The molecule has 15 heavy (non-hydrogen) atoms. The summed E-state index contributed by atoms with van der Waals surface area (Å²) in [6.45, 7) is 0. The summed E-state index contributed by atoms with van der Waals surface area (Å²) in [7, 11) is 0. The van der Waals surface area contributed by atoms with E-state index in [0.29, 0.717) is 5.56 Å². The lowest BCUT2D eigenvalue weighted by atomic mass is 10.0. The van der Waals surface area contributed by atoms with E-state index in [0.717, 1.165) is 23.0 Å². The van der Waals surface area contributed by atoms with Crippen LogP contribution < -0.4 is 0 Å². The van der Waals surface area contributed by atoms with Gasteiger partial charge in [0, 0.05) is 11.8 Å². The first-order valence-corrected chi connectivity index (χ1v) is 5.75. The summed E-state index contributed by atoms with van der Waals surface area (Å²) in [6.07, 6.45) is 0.951. The number of hydrogen-bond acceptors (Lipinski definition) is 3. The van der Waals surface area contributed by atoms with Gasteiger partial charge in [-0.3, -0.25) is 0 Å². The normalized spacial score (nSPS) is 19.2. The number of oxime groups is 1. The van der Waals surface area contributed by atoms with E-state index in [1.165, 1.54) is 0 Å². The Morgan fingerprint density at radius 2 is 2.20 bits per heavy atom. The van der Waals surface area contributed by atoms with Gasteiger partial charge in [-0.1, -0.05) is 33.2 Å². The van der Waals surface area contributed by atoms with E-state index in [1.54, 1.807) is 12.1 Å². The Bertz CT molecular complexity index is 419. The van der Waals surface area contributed by atoms with Crippen molar-refractivity contribution in [2.75, 3.05) is 5.33 Å². The van der Waals surface area contributed by atoms with Gasteiger partial charge in [0.1, 0.15) is 6.10 Å². The Hall–Kier alpha value is -1.34. The molecule has 0 saturated heterocycles. The lowest BCUT2D eigenvalue weighted by Crippen LogP contribution is -2.09. The summed E-state index contributed by atoms with van der Waals surface area (Å²) < 4.78 is 0. The Labute approximate surface area is 96.5 Å². The zero-order valence-corrected chi connectivity index (χ0v) is 9.57. The smallest absolute Gasteiger partial charge is 0.142 e. The van der Waals surface area contributed by atoms with Crippen molar-refractivity contribution >= 4 is 21.6 Å². The maximum Gasteiger partial charge on any atom is 0.142 e. The van der Waals surface area contributed by atoms with Gasteiger partial charge >= 0.3 is 0 Å². The van der Waals surface area contributed by atoms with Crippen molar-refractivity contribution in [2.45, 2.75) is 12.5 Å². The van der Waals surface area contributed by atoms with Crippen molar-refractivity contribution < 1.29 is 4.84 Å². The minimum atomic E-state index is 0.135. The molecule has 3 nitrogen and oxygen atoms in total. The van der Waals surface area contributed by atoms with Gasteiger partial charge < -0.3 is 4.84 Å². The molecule has 0 aromatic heterocycles. The summed E-state index contributed by atoms with van der Waals surface area (Å²) in [5.41, 5.74) is 2.64. The van der Waals surface area contributed by atoms with Crippen LogP contribution in [0, 0.1) is 11.3 Å². The van der Waals surface area contributed by atoms with Gasteiger partial charge in [0.2, 0.25) is 0 Å². The Morgan fingerprint density at radius 1 is 1.47 bits per heavy atom. The van der Waals surface area contributed by atoms with E-state index >= 15 is 0 Å². The molecule has 1 unspecified atom stereocenters. The van der Waals surface area contributed by atoms with E-state index in [1.807, 2.05) is 12.1 Å². The van der Waals surface area contributed by atoms with E-state index in [-0.39, 0.29) is 6.10 Å². The lowest BCUT2D eigenvalue weighted by Gasteiger charge is -2.01. The SMILES string of the molecule is N#Cc1ccc(C2=NOC(CBr)C2)cc1. The lowest BCUT2D eigenvalue weighted by molar-refractivity contribution is 0.104. The molecule has 4 heteroatoms. The van der Waals surface area contributed by atoms with Gasteiger partial charge in [-0.05, 0) is 17.7 Å². The first-order chi connectivity index (χ1) is 7.33. The van der Waals surface area contributed by atoms with Crippen LogP contribution in [0.1, 0.15) is 17.5 Å². The van der Waals surface area contributed by atoms with Crippen molar-refractivity contribution in [2.24, 2.45) is 5.16 Å². The highest BCUT2D eigenvalue weighted by atomic mass is 79.9. The molecule has 0 N–H and O–H groups in total. The molecule has 1 heterocycles. The fourth-order valence-corrected chi connectivity index (χ4v) is 1.77. The average molecular weight is 265 g/mol. The number of hydrogen-bond donors (Lipinski definition) is 0. The third kappa shape index (κ3) is 2.18. The van der Waals surface area contributed by atoms with Gasteiger partial charge in [-0.15, -0.1) is 0 Å². The summed E-state index contributed by atoms with van der Waals surface area (Å²) in [5.74, 6) is 0. The standard InChI is InChI=1S/C11H9BrN2O/c12-6-10-5-11(14-15-10)9-3-1-8(7-13)2-4-9/h1-4,10H,5-6H2. The molecule has 0 bridgehead atoms. The van der Waals surface area contributed by atoms with Crippen LogP contribution in [0.3, 0.4) is 0 Å². The molecule has 76 valence electrons. The monoisotopic (exact) mass is 264 g/mol. The molecule has 1 aromatic carbocycles. The molecule has 0 spiro atoms. The van der Waals surface area contributed by atoms with Crippen molar-refractivity contribution in [3.63, 3.8) is 0 Å². The molecular formula is C11H9BrN2O. The van der Waals surface area contributed by atoms with Crippen molar-refractivity contribution in [1.29, 1.82) is 5.26 Å². The minimum Gasteiger partial charge on any atom is -0.391 e. The topological polar surface area (TPSA) is 45.4 Å². The molecule has 0 radical (unpaired) electrons. The predicted octanol–water partition coefficient (Wildman–Crippen LogP) is 2.45. The fraction of sp³-hybridized carbons (Fsp3) is 0.273. The van der Waals surface area contributed by atoms with Gasteiger partial charge in [0.05, 0.1) is 17.3 Å². The molecule has 2 rings (SSSR count).